The Morgan fingerprint density at radius 1 is 1.04 bits per heavy atom. The third kappa shape index (κ3) is 6.43. The molecule has 27 heavy (non-hydrogen) atoms. The molecule has 1 rings (SSSR count). The lowest BCUT2D eigenvalue weighted by molar-refractivity contribution is 0.327. The predicted octanol–water partition coefficient (Wildman–Crippen LogP) is 5.95. The third-order valence-electron chi connectivity index (χ3n) is 3.92. The van der Waals surface area contributed by atoms with Crippen LogP contribution in [0, 0.1) is 0 Å². The third-order valence-corrected chi connectivity index (χ3v) is 4.61. The van der Waals surface area contributed by atoms with E-state index in [1.54, 1.807) is 21.3 Å². The lowest BCUT2D eigenvalue weighted by Gasteiger charge is -2.15. The van der Waals surface area contributed by atoms with Crippen LogP contribution in [0.2, 0.25) is 0 Å². The number of nitrogens with zero attached hydrogens (tertiary/aromatic N) is 1. The summed E-state index contributed by atoms with van der Waals surface area (Å²) in [7, 11) is 4.72. The topological polar surface area (TPSA) is 40.6 Å². The van der Waals surface area contributed by atoms with Crippen LogP contribution in [0.15, 0.2) is 64.2 Å². The van der Waals surface area contributed by atoms with Crippen LogP contribution in [-0.2, 0) is 6.42 Å². The summed E-state index contributed by atoms with van der Waals surface area (Å²) >= 11 is 3.53. The molecule has 1 aromatic rings. The summed E-state index contributed by atoms with van der Waals surface area (Å²) in [5.74, 6) is 1.44. The van der Waals surface area contributed by atoms with E-state index in [1.165, 1.54) is 0 Å². The van der Waals surface area contributed by atoms with Crippen LogP contribution < -0.4 is 14.2 Å². The molecular formula is C22H28BrNO3. The van der Waals surface area contributed by atoms with E-state index in [1.807, 2.05) is 39.0 Å². The molecule has 0 unspecified atom stereocenters. The summed E-state index contributed by atoms with van der Waals surface area (Å²) in [5.41, 5.74) is 4.87. The number of rotatable bonds is 9. The molecule has 1 aromatic heterocycles. The molecule has 0 aromatic carbocycles. The largest absolute Gasteiger partial charge is 0.491 e. The number of hydrogen-bond donors (Lipinski definition) is 0. The molecule has 0 aliphatic rings. The first-order chi connectivity index (χ1) is 12.8. The minimum absolute atomic E-state index is 0.387. The molecule has 0 bridgehead atoms. The Morgan fingerprint density at radius 2 is 1.67 bits per heavy atom. The zero-order chi connectivity index (χ0) is 20.6. The molecule has 0 amide bonds. The standard InChI is InChI=1S/C22H28BrNO3/c1-9-19(23)12-17(15(4)5)10-16(14(2)3)11-18-13-20(25-6)22(27-8)24-21(18)26-7/h9-10,12-13H,2,4,11H2,1,3,5-8H3/b16-10-,17-12-,19-9+. The molecular weight excluding hydrogens is 406 g/mol. The Labute approximate surface area is 171 Å². The van der Waals surface area contributed by atoms with Crippen LogP contribution in [0.5, 0.6) is 17.5 Å². The highest BCUT2D eigenvalue weighted by atomic mass is 79.9. The van der Waals surface area contributed by atoms with Gasteiger partial charge >= 0.3 is 0 Å². The number of ether oxygens (including phenoxy) is 3. The maximum Gasteiger partial charge on any atom is 0.260 e. The number of allylic oxidation sites excluding steroid dienone is 8. The average Bonchev–Trinajstić information content (AvgIpc) is 2.65. The summed E-state index contributed by atoms with van der Waals surface area (Å²) in [5, 5.41) is 0. The van der Waals surface area contributed by atoms with E-state index in [0.29, 0.717) is 23.9 Å². The fraction of sp³-hybridized carbons (Fsp3) is 0.318. The van der Waals surface area contributed by atoms with Gasteiger partial charge < -0.3 is 14.2 Å². The van der Waals surface area contributed by atoms with Crippen molar-refractivity contribution < 1.29 is 14.2 Å². The van der Waals surface area contributed by atoms with E-state index < -0.39 is 0 Å². The van der Waals surface area contributed by atoms with Crippen LogP contribution in [0.25, 0.3) is 0 Å². The predicted molar refractivity (Wildman–Crippen MR) is 116 cm³/mol. The highest BCUT2D eigenvalue weighted by Gasteiger charge is 2.15. The van der Waals surface area contributed by atoms with Crippen LogP contribution >= 0.6 is 15.9 Å². The van der Waals surface area contributed by atoms with Gasteiger partial charge in [-0.25, -0.2) is 0 Å². The number of aromatic nitrogens is 1. The highest BCUT2D eigenvalue weighted by molar-refractivity contribution is 9.11. The minimum atomic E-state index is 0.387. The normalized spacial score (nSPS) is 12.6. The quantitative estimate of drug-likeness (QED) is 0.450. The molecule has 0 aliphatic heterocycles. The van der Waals surface area contributed by atoms with Crippen molar-refractivity contribution in [2.45, 2.75) is 27.2 Å². The van der Waals surface area contributed by atoms with E-state index in [4.69, 9.17) is 14.2 Å². The molecule has 0 saturated carbocycles. The van der Waals surface area contributed by atoms with Crippen LogP contribution in [0.4, 0.5) is 0 Å². The fourth-order valence-corrected chi connectivity index (χ4v) is 2.58. The van der Waals surface area contributed by atoms with Gasteiger partial charge in [0.15, 0.2) is 5.75 Å². The number of pyridine rings is 1. The first-order valence-corrected chi connectivity index (χ1v) is 9.28. The van der Waals surface area contributed by atoms with E-state index >= 15 is 0 Å². The Bertz CT molecular complexity index is 804. The molecule has 0 spiro atoms. The second-order valence-corrected chi connectivity index (χ2v) is 6.96. The zero-order valence-electron chi connectivity index (χ0n) is 17.0. The summed E-state index contributed by atoms with van der Waals surface area (Å²) in [6, 6.07) is 1.88. The minimum Gasteiger partial charge on any atom is -0.491 e. The molecule has 0 atom stereocenters. The van der Waals surface area contributed by atoms with Gasteiger partial charge in [-0.3, -0.25) is 0 Å². The maximum atomic E-state index is 5.45. The molecule has 0 N–H and O–H groups in total. The molecule has 0 radical (unpaired) electrons. The van der Waals surface area contributed by atoms with Crippen molar-refractivity contribution in [3.05, 3.63) is 69.8 Å². The van der Waals surface area contributed by atoms with Gasteiger partial charge in [0.25, 0.3) is 5.88 Å². The lowest BCUT2D eigenvalue weighted by atomic mass is 9.96. The second kappa shape index (κ2) is 10.8. The van der Waals surface area contributed by atoms with Gasteiger partial charge in [-0.2, -0.15) is 4.98 Å². The summed E-state index contributed by atoms with van der Waals surface area (Å²) < 4.78 is 17.1. The van der Waals surface area contributed by atoms with Gasteiger partial charge in [-0.05, 0) is 44.1 Å². The van der Waals surface area contributed by atoms with Crippen molar-refractivity contribution >= 4 is 15.9 Å². The van der Waals surface area contributed by atoms with Gasteiger partial charge in [0, 0.05) is 16.5 Å². The van der Waals surface area contributed by atoms with E-state index in [-0.39, 0.29) is 0 Å². The monoisotopic (exact) mass is 433 g/mol. The van der Waals surface area contributed by atoms with Gasteiger partial charge in [0.1, 0.15) is 0 Å². The molecule has 4 nitrogen and oxygen atoms in total. The number of halogens is 1. The summed E-state index contributed by atoms with van der Waals surface area (Å²) in [4.78, 5) is 4.39. The van der Waals surface area contributed by atoms with Crippen molar-refractivity contribution in [1.82, 2.24) is 4.98 Å². The van der Waals surface area contributed by atoms with E-state index in [2.05, 4.69) is 40.1 Å². The number of hydrogen-bond acceptors (Lipinski definition) is 4. The maximum absolute atomic E-state index is 5.45. The van der Waals surface area contributed by atoms with Crippen molar-refractivity contribution in [3.8, 4) is 17.5 Å². The molecule has 0 fully saturated rings. The Morgan fingerprint density at radius 3 is 2.11 bits per heavy atom. The Hall–Kier alpha value is -2.27. The fourth-order valence-electron chi connectivity index (χ4n) is 2.33. The van der Waals surface area contributed by atoms with Crippen molar-refractivity contribution in [2.75, 3.05) is 21.3 Å². The Kier molecular flexibility index (Phi) is 9.09. The van der Waals surface area contributed by atoms with Crippen molar-refractivity contribution in [2.24, 2.45) is 0 Å². The smallest absolute Gasteiger partial charge is 0.260 e. The summed E-state index contributed by atoms with van der Waals surface area (Å²) in [6.07, 6.45) is 6.70. The zero-order valence-corrected chi connectivity index (χ0v) is 18.6. The molecule has 0 saturated heterocycles. The second-order valence-electron chi connectivity index (χ2n) is 6.05. The van der Waals surface area contributed by atoms with Gasteiger partial charge in [-0.1, -0.05) is 52.4 Å². The first-order valence-electron chi connectivity index (χ1n) is 8.49. The van der Waals surface area contributed by atoms with E-state index in [9.17, 15) is 0 Å². The van der Waals surface area contributed by atoms with Gasteiger partial charge in [0.05, 0.1) is 21.3 Å². The van der Waals surface area contributed by atoms with Crippen LogP contribution in [-0.4, -0.2) is 26.3 Å². The Balaban J connectivity index is 3.45. The molecule has 146 valence electrons. The van der Waals surface area contributed by atoms with Crippen LogP contribution in [0.1, 0.15) is 26.3 Å². The molecule has 5 heteroatoms. The summed E-state index contributed by atoms with van der Waals surface area (Å²) in [6.45, 7) is 14.1. The highest BCUT2D eigenvalue weighted by Crippen LogP contribution is 2.33. The SMILES string of the molecule is C=C(C)C(=C\C(Br)=C/C)/C=C(/Cc1cc(OC)c(OC)nc1OC)C(=C)C. The first kappa shape index (κ1) is 22.8. The molecule has 0 aliphatic carbocycles. The van der Waals surface area contributed by atoms with Gasteiger partial charge in [0.2, 0.25) is 5.88 Å². The molecule has 1 heterocycles. The van der Waals surface area contributed by atoms with Crippen LogP contribution in [0.3, 0.4) is 0 Å². The van der Waals surface area contributed by atoms with Gasteiger partial charge in [-0.15, -0.1) is 0 Å². The average molecular weight is 434 g/mol. The lowest BCUT2D eigenvalue weighted by Crippen LogP contribution is -2.02. The van der Waals surface area contributed by atoms with Crippen molar-refractivity contribution in [1.29, 1.82) is 0 Å². The van der Waals surface area contributed by atoms with Crippen molar-refractivity contribution in [3.63, 3.8) is 0 Å². The number of methoxy groups -OCH3 is 3. The van der Waals surface area contributed by atoms with E-state index in [0.717, 1.165) is 32.3 Å².